The van der Waals surface area contributed by atoms with Crippen LogP contribution in [0.3, 0.4) is 0 Å². The van der Waals surface area contributed by atoms with Crippen molar-refractivity contribution in [1.82, 2.24) is 15.2 Å². The van der Waals surface area contributed by atoms with Gasteiger partial charge in [0.2, 0.25) is 0 Å². The van der Waals surface area contributed by atoms with E-state index in [1.54, 1.807) is 12.3 Å². The van der Waals surface area contributed by atoms with Crippen LogP contribution < -0.4 is 5.32 Å². The van der Waals surface area contributed by atoms with E-state index >= 15 is 0 Å². The minimum atomic E-state index is -0.0556. The van der Waals surface area contributed by atoms with E-state index < -0.39 is 0 Å². The fraction of sp³-hybridized carbons (Fsp3) is 0.333. The number of carbonyl (C=O) groups excluding carboxylic acids is 1. The molecule has 4 rings (SSSR count). The SMILES string of the molecule is CC1CCCN(Cc2ccccc2CNC(=O)c2ccnc3ccccc23)C1. The van der Waals surface area contributed by atoms with Gasteiger partial charge in [0.05, 0.1) is 11.1 Å². The quantitative estimate of drug-likeness (QED) is 0.721. The van der Waals surface area contributed by atoms with E-state index in [2.05, 4.69) is 40.3 Å². The van der Waals surface area contributed by atoms with Crippen LogP contribution in [0.1, 0.15) is 41.3 Å². The predicted molar refractivity (Wildman–Crippen MR) is 113 cm³/mol. The first-order valence-corrected chi connectivity index (χ1v) is 10.1. The largest absolute Gasteiger partial charge is 0.348 e. The Kier molecular flexibility index (Phi) is 5.68. The molecule has 0 bridgehead atoms. The summed E-state index contributed by atoms with van der Waals surface area (Å²) in [6, 6.07) is 18.0. The van der Waals surface area contributed by atoms with Gasteiger partial charge in [-0.15, -0.1) is 0 Å². The van der Waals surface area contributed by atoms with Crippen molar-refractivity contribution in [3.05, 3.63) is 77.5 Å². The zero-order valence-electron chi connectivity index (χ0n) is 16.4. The lowest BCUT2D eigenvalue weighted by molar-refractivity contribution is 0.0952. The molecule has 1 saturated heterocycles. The number of nitrogens with one attached hydrogen (secondary N) is 1. The molecule has 2 heterocycles. The van der Waals surface area contributed by atoms with Gasteiger partial charge in [-0.2, -0.15) is 0 Å². The van der Waals surface area contributed by atoms with Crippen LogP contribution in [0.5, 0.6) is 0 Å². The summed E-state index contributed by atoms with van der Waals surface area (Å²) in [7, 11) is 0. The Labute approximate surface area is 166 Å². The Morgan fingerprint density at radius 1 is 1.11 bits per heavy atom. The first-order valence-electron chi connectivity index (χ1n) is 10.1. The minimum absolute atomic E-state index is 0.0556. The highest BCUT2D eigenvalue weighted by atomic mass is 16.1. The van der Waals surface area contributed by atoms with Gasteiger partial charge in [-0.1, -0.05) is 49.4 Å². The lowest BCUT2D eigenvalue weighted by Gasteiger charge is -2.31. The Bertz CT molecular complexity index is 963. The second-order valence-corrected chi connectivity index (χ2v) is 7.81. The van der Waals surface area contributed by atoms with Crippen molar-refractivity contribution < 1.29 is 4.79 Å². The number of hydrogen-bond acceptors (Lipinski definition) is 3. The van der Waals surface area contributed by atoms with Gasteiger partial charge in [-0.3, -0.25) is 14.7 Å². The molecular formula is C24H27N3O. The summed E-state index contributed by atoms with van der Waals surface area (Å²) in [4.78, 5) is 19.7. The zero-order chi connectivity index (χ0) is 19.3. The summed E-state index contributed by atoms with van der Waals surface area (Å²) in [5.41, 5.74) is 4.01. The molecule has 3 aromatic rings. The van der Waals surface area contributed by atoms with E-state index in [1.807, 2.05) is 30.3 Å². The van der Waals surface area contributed by atoms with Crippen LogP contribution in [-0.2, 0) is 13.1 Å². The maximum absolute atomic E-state index is 12.8. The predicted octanol–water partition coefficient (Wildman–Crippen LogP) is 4.40. The Morgan fingerprint density at radius 2 is 1.89 bits per heavy atom. The van der Waals surface area contributed by atoms with E-state index in [9.17, 15) is 4.79 Å². The highest BCUT2D eigenvalue weighted by Crippen LogP contribution is 2.20. The van der Waals surface area contributed by atoms with Crippen molar-refractivity contribution in [3.63, 3.8) is 0 Å². The average Bonchev–Trinajstić information content (AvgIpc) is 2.72. The van der Waals surface area contributed by atoms with Gasteiger partial charge in [0.1, 0.15) is 0 Å². The van der Waals surface area contributed by atoms with Gasteiger partial charge < -0.3 is 5.32 Å². The molecule has 4 nitrogen and oxygen atoms in total. The minimum Gasteiger partial charge on any atom is -0.348 e. The number of rotatable bonds is 5. The van der Waals surface area contributed by atoms with Crippen molar-refractivity contribution in [2.45, 2.75) is 32.9 Å². The van der Waals surface area contributed by atoms with Crippen LogP contribution in [0.2, 0.25) is 0 Å². The monoisotopic (exact) mass is 373 g/mol. The van der Waals surface area contributed by atoms with E-state index in [-0.39, 0.29) is 5.91 Å². The average molecular weight is 374 g/mol. The number of carbonyl (C=O) groups is 1. The number of likely N-dealkylation sites (tertiary alicyclic amines) is 1. The topological polar surface area (TPSA) is 45.2 Å². The summed E-state index contributed by atoms with van der Waals surface area (Å²) in [6.45, 7) is 6.14. The van der Waals surface area contributed by atoms with Gasteiger partial charge in [0.15, 0.2) is 0 Å². The van der Waals surface area contributed by atoms with Gasteiger partial charge >= 0.3 is 0 Å². The molecule has 1 aliphatic heterocycles. The maximum Gasteiger partial charge on any atom is 0.252 e. The van der Waals surface area contributed by atoms with Gasteiger partial charge in [-0.25, -0.2) is 0 Å². The van der Waals surface area contributed by atoms with E-state index in [0.29, 0.717) is 12.1 Å². The van der Waals surface area contributed by atoms with Gasteiger partial charge in [0, 0.05) is 31.2 Å². The molecule has 1 atom stereocenters. The maximum atomic E-state index is 12.8. The number of aromatic nitrogens is 1. The molecule has 1 aliphatic rings. The van der Waals surface area contributed by atoms with Crippen molar-refractivity contribution in [2.75, 3.05) is 13.1 Å². The fourth-order valence-corrected chi connectivity index (χ4v) is 4.12. The normalized spacial score (nSPS) is 17.5. The van der Waals surface area contributed by atoms with Gasteiger partial charge in [-0.05, 0) is 48.6 Å². The van der Waals surface area contributed by atoms with Crippen LogP contribution >= 0.6 is 0 Å². The number of nitrogens with zero attached hydrogens (tertiary/aromatic N) is 2. The summed E-state index contributed by atoms with van der Waals surface area (Å²) in [6.07, 6.45) is 4.30. The van der Waals surface area contributed by atoms with Crippen LogP contribution in [0.25, 0.3) is 10.9 Å². The molecule has 0 spiro atoms. The molecule has 1 N–H and O–H groups in total. The summed E-state index contributed by atoms with van der Waals surface area (Å²) < 4.78 is 0. The Morgan fingerprint density at radius 3 is 2.75 bits per heavy atom. The summed E-state index contributed by atoms with van der Waals surface area (Å²) >= 11 is 0. The number of benzene rings is 2. The van der Waals surface area contributed by atoms with Crippen LogP contribution in [0.15, 0.2) is 60.8 Å². The molecule has 1 aromatic heterocycles. The molecule has 2 aromatic carbocycles. The van der Waals surface area contributed by atoms with Gasteiger partial charge in [0.25, 0.3) is 5.91 Å². The van der Waals surface area contributed by atoms with Crippen molar-refractivity contribution >= 4 is 16.8 Å². The second-order valence-electron chi connectivity index (χ2n) is 7.81. The zero-order valence-corrected chi connectivity index (χ0v) is 16.4. The number of pyridine rings is 1. The first kappa shape index (κ1) is 18.6. The highest BCUT2D eigenvalue weighted by Gasteiger charge is 2.17. The third-order valence-corrected chi connectivity index (χ3v) is 5.59. The van der Waals surface area contributed by atoms with Crippen molar-refractivity contribution in [1.29, 1.82) is 0 Å². The first-order chi connectivity index (χ1) is 13.7. The third kappa shape index (κ3) is 4.23. The molecule has 0 aliphatic carbocycles. The Hall–Kier alpha value is -2.72. The smallest absolute Gasteiger partial charge is 0.252 e. The molecule has 28 heavy (non-hydrogen) atoms. The highest BCUT2D eigenvalue weighted by molar-refractivity contribution is 6.05. The van der Waals surface area contributed by atoms with E-state index in [0.717, 1.165) is 36.5 Å². The number of fused-ring (bicyclic) bond motifs is 1. The second kappa shape index (κ2) is 8.53. The number of para-hydroxylation sites is 1. The van der Waals surface area contributed by atoms with E-state index in [4.69, 9.17) is 0 Å². The van der Waals surface area contributed by atoms with Crippen LogP contribution in [0.4, 0.5) is 0 Å². The molecule has 0 saturated carbocycles. The summed E-state index contributed by atoms with van der Waals surface area (Å²) in [5, 5.41) is 4.00. The molecular weight excluding hydrogens is 346 g/mol. The molecule has 1 fully saturated rings. The van der Waals surface area contributed by atoms with Crippen molar-refractivity contribution in [3.8, 4) is 0 Å². The van der Waals surface area contributed by atoms with E-state index in [1.165, 1.54) is 24.0 Å². The lowest BCUT2D eigenvalue weighted by Crippen LogP contribution is -2.34. The van der Waals surface area contributed by atoms with Crippen LogP contribution in [-0.4, -0.2) is 28.9 Å². The number of amides is 1. The molecule has 144 valence electrons. The van der Waals surface area contributed by atoms with Crippen molar-refractivity contribution in [2.24, 2.45) is 5.92 Å². The standard InChI is InChI=1S/C24H27N3O/c1-18-7-6-14-27(16-18)17-20-9-3-2-8-19(20)15-26-24(28)22-12-13-25-23-11-5-4-10-21(22)23/h2-5,8-13,18H,6-7,14-17H2,1H3,(H,26,28). The summed E-state index contributed by atoms with van der Waals surface area (Å²) in [5.74, 6) is 0.709. The molecule has 1 amide bonds. The van der Waals surface area contributed by atoms with Crippen LogP contribution in [0, 0.1) is 5.92 Å². The molecule has 0 radical (unpaired) electrons. The number of piperidine rings is 1. The lowest BCUT2D eigenvalue weighted by atomic mass is 9.99. The molecule has 1 unspecified atom stereocenters. The number of hydrogen-bond donors (Lipinski definition) is 1. The Balaban J connectivity index is 1.47. The third-order valence-electron chi connectivity index (χ3n) is 5.59. The molecule has 4 heteroatoms. The fourth-order valence-electron chi connectivity index (χ4n) is 4.12.